The van der Waals surface area contributed by atoms with Gasteiger partial charge in [-0.15, -0.1) is 0 Å². The molecule has 1 aliphatic heterocycles. The Bertz CT molecular complexity index is 476. The number of thiocarbonyl (C=S) groups is 1. The standard InChI is InChI=1S/C14H20FN3S/c1-17(2)12-5-6-18(9-12)8-11-7-10(14(16)19)3-4-13(11)15/h3-4,7,12H,5-6,8-9H2,1-2H3,(H2,16,19). The van der Waals surface area contributed by atoms with Gasteiger partial charge < -0.3 is 10.6 Å². The van der Waals surface area contributed by atoms with E-state index in [4.69, 9.17) is 18.0 Å². The maximum absolute atomic E-state index is 13.8. The lowest BCUT2D eigenvalue weighted by Gasteiger charge is -2.20. The molecule has 0 spiro atoms. The average molecular weight is 281 g/mol. The van der Waals surface area contributed by atoms with Gasteiger partial charge in [0.05, 0.1) is 0 Å². The fourth-order valence-corrected chi connectivity index (χ4v) is 2.59. The third-order valence-electron chi connectivity index (χ3n) is 3.70. The van der Waals surface area contributed by atoms with Crippen molar-refractivity contribution in [1.29, 1.82) is 0 Å². The first-order chi connectivity index (χ1) is 8.97. The summed E-state index contributed by atoms with van der Waals surface area (Å²) in [6.07, 6.45) is 1.13. The number of rotatable bonds is 4. The normalized spacial score (nSPS) is 20.1. The largest absolute Gasteiger partial charge is 0.389 e. The fourth-order valence-electron chi connectivity index (χ4n) is 2.47. The van der Waals surface area contributed by atoms with E-state index in [1.54, 1.807) is 12.1 Å². The molecule has 0 saturated carbocycles. The van der Waals surface area contributed by atoms with Crippen molar-refractivity contribution in [3.05, 3.63) is 35.1 Å². The van der Waals surface area contributed by atoms with Crippen LogP contribution >= 0.6 is 12.2 Å². The minimum Gasteiger partial charge on any atom is -0.389 e. The topological polar surface area (TPSA) is 32.5 Å². The van der Waals surface area contributed by atoms with E-state index in [0.717, 1.165) is 25.1 Å². The molecule has 19 heavy (non-hydrogen) atoms. The summed E-state index contributed by atoms with van der Waals surface area (Å²) in [5, 5.41) is 0. The van der Waals surface area contributed by atoms with E-state index < -0.39 is 0 Å². The highest BCUT2D eigenvalue weighted by molar-refractivity contribution is 7.80. The summed E-state index contributed by atoms with van der Waals surface area (Å²) in [5.74, 6) is -0.187. The van der Waals surface area contributed by atoms with Crippen molar-refractivity contribution in [2.45, 2.75) is 19.0 Å². The lowest BCUT2D eigenvalue weighted by Crippen LogP contribution is -2.31. The second kappa shape index (κ2) is 5.94. The van der Waals surface area contributed by atoms with Crippen LogP contribution in [0.15, 0.2) is 18.2 Å². The minimum absolute atomic E-state index is 0.187. The van der Waals surface area contributed by atoms with Crippen molar-refractivity contribution in [3.63, 3.8) is 0 Å². The highest BCUT2D eigenvalue weighted by atomic mass is 32.1. The molecule has 0 amide bonds. The second-order valence-corrected chi connectivity index (χ2v) is 5.75. The molecule has 1 atom stereocenters. The summed E-state index contributed by atoms with van der Waals surface area (Å²) in [6, 6.07) is 5.40. The number of nitrogens with two attached hydrogens (primary N) is 1. The number of likely N-dealkylation sites (N-methyl/N-ethyl adjacent to an activating group) is 1. The van der Waals surface area contributed by atoms with Crippen LogP contribution in [0.2, 0.25) is 0 Å². The van der Waals surface area contributed by atoms with Gasteiger partial charge in [-0.25, -0.2) is 4.39 Å². The van der Waals surface area contributed by atoms with E-state index in [1.165, 1.54) is 6.07 Å². The first-order valence-corrected chi connectivity index (χ1v) is 6.85. The average Bonchev–Trinajstić information content (AvgIpc) is 2.80. The molecule has 0 aromatic heterocycles. The van der Waals surface area contributed by atoms with Gasteiger partial charge in [-0.2, -0.15) is 0 Å². The minimum atomic E-state index is -0.187. The molecule has 1 heterocycles. The van der Waals surface area contributed by atoms with Gasteiger partial charge in [-0.05, 0) is 38.7 Å². The summed E-state index contributed by atoms with van der Waals surface area (Å²) in [4.78, 5) is 4.81. The maximum atomic E-state index is 13.8. The smallest absolute Gasteiger partial charge is 0.127 e. The molecule has 2 N–H and O–H groups in total. The molecule has 3 nitrogen and oxygen atoms in total. The molecule has 1 aliphatic rings. The Kier molecular flexibility index (Phi) is 4.50. The SMILES string of the molecule is CN(C)C1CCN(Cc2cc(C(N)=S)ccc2F)C1. The van der Waals surface area contributed by atoms with Crippen LogP contribution in [0.4, 0.5) is 4.39 Å². The number of nitrogens with zero attached hydrogens (tertiary/aromatic N) is 2. The number of hydrogen-bond acceptors (Lipinski definition) is 3. The molecule has 0 bridgehead atoms. The zero-order valence-corrected chi connectivity index (χ0v) is 12.2. The highest BCUT2D eigenvalue weighted by Gasteiger charge is 2.24. The van der Waals surface area contributed by atoms with E-state index in [1.807, 2.05) is 0 Å². The van der Waals surface area contributed by atoms with Gasteiger partial charge in [0.2, 0.25) is 0 Å². The molecule has 1 saturated heterocycles. The molecular formula is C14H20FN3S. The molecule has 1 unspecified atom stereocenters. The summed E-state index contributed by atoms with van der Waals surface area (Å²) < 4.78 is 13.8. The quantitative estimate of drug-likeness (QED) is 0.850. The van der Waals surface area contributed by atoms with Crippen LogP contribution < -0.4 is 5.73 Å². The van der Waals surface area contributed by atoms with Gasteiger partial charge in [0.1, 0.15) is 10.8 Å². The summed E-state index contributed by atoms with van der Waals surface area (Å²) in [6.45, 7) is 2.59. The van der Waals surface area contributed by atoms with Crippen LogP contribution in [0.25, 0.3) is 0 Å². The van der Waals surface area contributed by atoms with E-state index in [-0.39, 0.29) is 5.82 Å². The Morgan fingerprint density at radius 3 is 2.84 bits per heavy atom. The Labute approximate surface area is 119 Å². The zero-order valence-electron chi connectivity index (χ0n) is 11.4. The van der Waals surface area contributed by atoms with Gasteiger partial charge >= 0.3 is 0 Å². The van der Waals surface area contributed by atoms with Crippen molar-refractivity contribution in [3.8, 4) is 0 Å². The van der Waals surface area contributed by atoms with Gasteiger partial charge in [0, 0.05) is 36.8 Å². The van der Waals surface area contributed by atoms with Crippen molar-refractivity contribution in [1.82, 2.24) is 9.80 Å². The molecule has 2 rings (SSSR count). The molecular weight excluding hydrogens is 261 g/mol. The zero-order chi connectivity index (χ0) is 14.0. The molecule has 104 valence electrons. The Balaban J connectivity index is 2.07. The Morgan fingerprint density at radius 1 is 1.53 bits per heavy atom. The third kappa shape index (κ3) is 3.49. The van der Waals surface area contributed by atoms with Crippen molar-refractivity contribution in [2.75, 3.05) is 27.2 Å². The van der Waals surface area contributed by atoms with E-state index in [9.17, 15) is 4.39 Å². The number of benzene rings is 1. The predicted molar refractivity (Wildman–Crippen MR) is 79.7 cm³/mol. The predicted octanol–water partition coefficient (Wildman–Crippen LogP) is 1.60. The number of hydrogen-bond donors (Lipinski definition) is 1. The van der Waals surface area contributed by atoms with Crippen LogP contribution in [0, 0.1) is 5.82 Å². The van der Waals surface area contributed by atoms with Crippen LogP contribution in [-0.2, 0) is 6.54 Å². The van der Waals surface area contributed by atoms with Gasteiger partial charge in [0.25, 0.3) is 0 Å². The molecule has 0 aliphatic carbocycles. The Hall–Kier alpha value is -1.04. The lowest BCUT2D eigenvalue weighted by atomic mass is 10.1. The Morgan fingerprint density at radius 2 is 2.26 bits per heavy atom. The molecule has 1 fully saturated rings. The lowest BCUT2D eigenvalue weighted by molar-refractivity contribution is 0.263. The second-order valence-electron chi connectivity index (χ2n) is 5.31. The highest BCUT2D eigenvalue weighted by Crippen LogP contribution is 2.19. The van der Waals surface area contributed by atoms with Gasteiger partial charge in [0.15, 0.2) is 0 Å². The van der Waals surface area contributed by atoms with Crippen molar-refractivity contribution in [2.24, 2.45) is 5.73 Å². The van der Waals surface area contributed by atoms with Crippen LogP contribution in [0.5, 0.6) is 0 Å². The summed E-state index contributed by atoms with van der Waals surface area (Å²) in [7, 11) is 4.17. The molecule has 0 radical (unpaired) electrons. The molecule has 1 aromatic rings. The molecule has 5 heteroatoms. The van der Waals surface area contributed by atoms with E-state index in [0.29, 0.717) is 23.1 Å². The molecule has 1 aromatic carbocycles. The summed E-state index contributed by atoms with van der Waals surface area (Å²) >= 11 is 4.94. The van der Waals surface area contributed by atoms with Gasteiger partial charge in [-0.3, -0.25) is 4.90 Å². The first kappa shape index (κ1) is 14.4. The maximum Gasteiger partial charge on any atom is 0.127 e. The van der Waals surface area contributed by atoms with Gasteiger partial charge in [-0.1, -0.05) is 12.2 Å². The summed E-state index contributed by atoms with van der Waals surface area (Å²) in [5.41, 5.74) is 6.99. The third-order valence-corrected chi connectivity index (χ3v) is 3.94. The number of likely N-dealkylation sites (tertiary alicyclic amines) is 1. The van der Waals surface area contributed by atoms with Crippen LogP contribution in [0.3, 0.4) is 0 Å². The first-order valence-electron chi connectivity index (χ1n) is 6.44. The van der Waals surface area contributed by atoms with Crippen molar-refractivity contribution >= 4 is 17.2 Å². The van der Waals surface area contributed by atoms with Crippen LogP contribution in [0.1, 0.15) is 17.5 Å². The number of halogens is 1. The fraction of sp³-hybridized carbons (Fsp3) is 0.500. The monoisotopic (exact) mass is 281 g/mol. The van der Waals surface area contributed by atoms with E-state index >= 15 is 0 Å². The van der Waals surface area contributed by atoms with Crippen molar-refractivity contribution < 1.29 is 4.39 Å². The van der Waals surface area contributed by atoms with E-state index in [2.05, 4.69) is 23.9 Å². The van der Waals surface area contributed by atoms with Crippen LogP contribution in [-0.4, -0.2) is 48.0 Å².